The fraction of sp³-hybridized carbons (Fsp3) is 0.158. The first-order valence-corrected chi connectivity index (χ1v) is 8.44. The molecular weight excluding hydrogens is 379 g/mol. The summed E-state index contributed by atoms with van der Waals surface area (Å²) in [7, 11) is 0. The van der Waals surface area contributed by atoms with E-state index in [0.717, 1.165) is 5.56 Å². The molecule has 0 radical (unpaired) electrons. The number of fused-ring (bicyclic) bond motifs is 1. The molecule has 3 rings (SSSR count). The highest BCUT2D eigenvalue weighted by atomic mass is 35.5. The van der Waals surface area contributed by atoms with Gasteiger partial charge in [-0.15, -0.1) is 0 Å². The van der Waals surface area contributed by atoms with E-state index in [1.807, 2.05) is 19.1 Å². The van der Waals surface area contributed by atoms with Gasteiger partial charge < -0.3 is 19.1 Å². The maximum Gasteiger partial charge on any atom is 0.235 e. The number of rotatable bonds is 4. The van der Waals surface area contributed by atoms with Gasteiger partial charge in [0.25, 0.3) is 0 Å². The third kappa shape index (κ3) is 3.41. The first-order chi connectivity index (χ1) is 12.3. The Morgan fingerprint density at radius 3 is 2.46 bits per heavy atom. The quantitative estimate of drug-likeness (QED) is 0.678. The predicted octanol–water partition coefficient (Wildman–Crippen LogP) is 3.59. The summed E-state index contributed by atoms with van der Waals surface area (Å²) in [5, 5.41) is 11.6. The van der Waals surface area contributed by atoms with Crippen LogP contribution >= 0.6 is 23.2 Å². The summed E-state index contributed by atoms with van der Waals surface area (Å²) in [5.41, 5.74) is 1.12. The third-order valence-electron chi connectivity index (χ3n) is 3.81. The van der Waals surface area contributed by atoms with Crippen molar-refractivity contribution in [2.45, 2.75) is 20.0 Å². The number of aliphatic carboxylic acids is 1. The molecule has 0 aliphatic rings. The van der Waals surface area contributed by atoms with Gasteiger partial charge in [0, 0.05) is 10.6 Å². The molecule has 0 aliphatic heterocycles. The first kappa shape index (κ1) is 18.3. The van der Waals surface area contributed by atoms with Crippen molar-refractivity contribution in [1.29, 1.82) is 0 Å². The van der Waals surface area contributed by atoms with Gasteiger partial charge in [-0.2, -0.15) is 0 Å². The van der Waals surface area contributed by atoms with E-state index in [0.29, 0.717) is 5.56 Å². The Hall–Kier alpha value is -2.50. The molecule has 5 nitrogen and oxygen atoms in total. The van der Waals surface area contributed by atoms with Crippen LogP contribution in [0, 0.1) is 6.92 Å². The minimum Gasteiger partial charge on any atom is -0.546 e. The molecule has 7 heteroatoms. The fourth-order valence-corrected chi connectivity index (χ4v) is 2.97. The zero-order chi connectivity index (χ0) is 19.0. The van der Waals surface area contributed by atoms with Gasteiger partial charge in [-0.05, 0) is 26.0 Å². The summed E-state index contributed by atoms with van der Waals surface area (Å²) in [6, 6.07) is 9.98. The van der Waals surface area contributed by atoms with E-state index in [1.165, 1.54) is 19.1 Å². The molecule has 1 aromatic heterocycles. The van der Waals surface area contributed by atoms with Gasteiger partial charge in [-0.25, -0.2) is 0 Å². The van der Waals surface area contributed by atoms with Crippen LogP contribution in [0.1, 0.15) is 12.5 Å². The summed E-state index contributed by atoms with van der Waals surface area (Å²) in [6.45, 7) is 3.18. The Morgan fingerprint density at radius 1 is 1.19 bits per heavy atom. The van der Waals surface area contributed by atoms with Crippen LogP contribution in [0.4, 0.5) is 0 Å². The molecular formula is C19H13Cl2O5-. The van der Waals surface area contributed by atoms with Crippen LogP contribution in [0.25, 0.3) is 22.3 Å². The van der Waals surface area contributed by atoms with Crippen LogP contribution in [-0.4, -0.2) is 12.1 Å². The van der Waals surface area contributed by atoms with Crippen LogP contribution in [-0.2, 0) is 4.79 Å². The number of hydrogen-bond donors (Lipinski definition) is 0. The van der Waals surface area contributed by atoms with Crippen LogP contribution in [0.3, 0.4) is 0 Å². The average Bonchev–Trinajstić information content (AvgIpc) is 2.58. The van der Waals surface area contributed by atoms with Crippen LogP contribution in [0.2, 0.25) is 10.0 Å². The van der Waals surface area contributed by atoms with E-state index < -0.39 is 17.5 Å². The number of halogens is 2. The number of ether oxygens (including phenoxy) is 1. The summed E-state index contributed by atoms with van der Waals surface area (Å²) < 4.78 is 11.2. The monoisotopic (exact) mass is 391 g/mol. The number of carbonyl (C=O) groups is 1. The van der Waals surface area contributed by atoms with Crippen molar-refractivity contribution >= 4 is 40.1 Å². The van der Waals surface area contributed by atoms with Crippen molar-refractivity contribution < 1.29 is 19.1 Å². The molecule has 0 N–H and O–H groups in total. The highest BCUT2D eigenvalue weighted by molar-refractivity contribution is 6.38. The summed E-state index contributed by atoms with van der Waals surface area (Å²) in [5.74, 6) is -1.61. The number of carboxylic acids is 1. The molecule has 0 aliphatic carbocycles. The number of carbonyl (C=O) groups excluding carboxylic acids is 1. The molecule has 1 atom stereocenters. The van der Waals surface area contributed by atoms with Crippen molar-refractivity contribution in [2.75, 3.05) is 0 Å². The van der Waals surface area contributed by atoms with Crippen molar-refractivity contribution in [3.63, 3.8) is 0 Å². The Balaban J connectivity index is 2.34. The highest BCUT2D eigenvalue weighted by Crippen LogP contribution is 2.35. The molecule has 134 valence electrons. The van der Waals surface area contributed by atoms with Crippen molar-refractivity contribution in [1.82, 2.24) is 0 Å². The molecule has 0 spiro atoms. The first-order valence-electron chi connectivity index (χ1n) is 7.68. The standard InChI is InChI=1S/C19H14Cl2O5/c1-9-3-5-11(6-4-9)16-18(25-10(2)19(23)24)15(22)13-7-12(20)8-14(21)17(13)26-16/h3-8,10H,1-2H3,(H,23,24)/p-1/t10-/m0/s1. The highest BCUT2D eigenvalue weighted by Gasteiger charge is 2.21. The Bertz CT molecular complexity index is 1050. The minimum atomic E-state index is -1.46. The van der Waals surface area contributed by atoms with Gasteiger partial charge in [-0.1, -0.05) is 53.0 Å². The van der Waals surface area contributed by atoms with E-state index in [-0.39, 0.29) is 32.5 Å². The largest absolute Gasteiger partial charge is 0.546 e. The fourth-order valence-electron chi connectivity index (χ4n) is 2.43. The molecule has 0 amide bonds. The van der Waals surface area contributed by atoms with E-state index in [4.69, 9.17) is 32.4 Å². The van der Waals surface area contributed by atoms with Crippen LogP contribution in [0.15, 0.2) is 45.6 Å². The van der Waals surface area contributed by atoms with E-state index >= 15 is 0 Å². The maximum atomic E-state index is 12.9. The second-order valence-corrected chi connectivity index (χ2v) is 6.64. The molecule has 2 aromatic carbocycles. The predicted molar refractivity (Wildman–Crippen MR) is 97.8 cm³/mol. The molecule has 0 saturated heterocycles. The maximum absolute atomic E-state index is 12.9. The van der Waals surface area contributed by atoms with Gasteiger partial charge in [-0.3, -0.25) is 4.79 Å². The summed E-state index contributed by atoms with van der Waals surface area (Å²) >= 11 is 12.1. The molecule has 0 bridgehead atoms. The lowest BCUT2D eigenvalue weighted by molar-refractivity contribution is -0.312. The molecule has 0 unspecified atom stereocenters. The van der Waals surface area contributed by atoms with Gasteiger partial charge in [0.15, 0.2) is 11.3 Å². The second-order valence-electron chi connectivity index (χ2n) is 5.80. The Labute approximate surface area is 158 Å². The van der Waals surface area contributed by atoms with Gasteiger partial charge in [0.2, 0.25) is 11.2 Å². The normalized spacial score (nSPS) is 12.2. The number of aryl methyl sites for hydroxylation is 1. The smallest absolute Gasteiger partial charge is 0.235 e. The van der Waals surface area contributed by atoms with Crippen LogP contribution < -0.4 is 15.3 Å². The average molecular weight is 392 g/mol. The lowest BCUT2D eigenvalue weighted by atomic mass is 10.1. The zero-order valence-corrected chi connectivity index (χ0v) is 15.4. The zero-order valence-electron chi connectivity index (χ0n) is 13.8. The molecule has 0 fully saturated rings. The van der Waals surface area contributed by atoms with Crippen molar-refractivity contribution in [3.05, 3.63) is 62.2 Å². The second kappa shape index (κ2) is 7.02. The van der Waals surface area contributed by atoms with E-state index in [9.17, 15) is 14.7 Å². The minimum absolute atomic E-state index is 0.0832. The molecule has 0 saturated carbocycles. The van der Waals surface area contributed by atoms with Gasteiger partial charge in [0.1, 0.15) is 6.10 Å². The number of carboxylic acid groups (broad SMARTS) is 1. The number of hydrogen-bond acceptors (Lipinski definition) is 5. The van der Waals surface area contributed by atoms with Crippen molar-refractivity contribution in [3.8, 4) is 17.1 Å². The lowest BCUT2D eigenvalue weighted by Crippen LogP contribution is -2.38. The van der Waals surface area contributed by atoms with E-state index in [1.54, 1.807) is 12.1 Å². The van der Waals surface area contributed by atoms with Gasteiger partial charge >= 0.3 is 0 Å². The SMILES string of the molecule is Cc1ccc(-c2oc3c(Cl)cc(Cl)cc3c(=O)c2O[C@@H](C)C(=O)[O-])cc1. The van der Waals surface area contributed by atoms with E-state index in [2.05, 4.69) is 0 Å². The summed E-state index contributed by atoms with van der Waals surface area (Å²) in [6.07, 6.45) is -1.35. The third-order valence-corrected chi connectivity index (χ3v) is 4.31. The van der Waals surface area contributed by atoms with Crippen molar-refractivity contribution in [2.24, 2.45) is 0 Å². The summed E-state index contributed by atoms with van der Waals surface area (Å²) in [4.78, 5) is 24.0. The lowest BCUT2D eigenvalue weighted by Gasteiger charge is -2.18. The Kier molecular flexibility index (Phi) is 4.94. The topological polar surface area (TPSA) is 79.6 Å². The molecule has 1 heterocycles. The Morgan fingerprint density at radius 2 is 1.85 bits per heavy atom. The molecule has 26 heavy (non-hydrogen) atoms. The van der Waals surface area contributed by atoms with Crippen LogP contribution in [0.5, 0.6) is 5.75 Å². The van der Waals surface area contributed by atoms with Gasteiger partial charge in [0.05, 0.1) is 16.4 Å². The molecule has 3 aromatic rings. The number of benzene rings is 2.